The van der Waals surface area contributed by atoms with E-state index in [-0.39, 0.29) is 24.4 Å². The van der Waals surface area contributed by atoms with Crippen LogP contribution in [-0.4, -0.2) is 59.2 Å². The standard InChI is InChI=1S/C21H19BrN8O5/c22-16-10-18-17(34-12-35-18)9-13(16)11-23-28-20-25-19(24-14-1-3-15(4-2-14)30(31)32)26-21(27-20)29-5-7-33-8-6-29/h1-4,9-11H,5-8,12H2,(H2,24,25,26,27,28). The van der Waals surface area contributed by atoms with Gasteiger partial charge in [0.05, 0.1) is 24.4 Å². The van der Waals surface area contributed by atoms with Crippen LogP contribution in [0.5, 0.6) is 11.5 Å². The van der Waals surface area contributed by atoms with E-state index in [1.807, 2.05) is 17.0 Å². The Bertz CT molecular complexity index is 1270. The van der Waals surface area contributed by atoms with Crippen LogP contribution in [0, 0.1) is 10.1 Å². The molecule has 13 nitrogen and oxygen atoms in total. The number of nitro benzene ring substituents is 1. The number of nitrogens with one attached hydrogen (secondary N) is 2. The van der Waals surface area contributed by atoms with Crippen LogP contribution in [0.15, 0.2) is 46.0 Å². The molecule has 0 bridgehead atoms. The number of ether oxygens (including phenoxy) is 3. The number of aromatic nitrogens is 3. The molecule has 2 N–H and O–H groups in total. The van der Waals surface area contributed by atoms with E-state index in [2.05, 4.69) is 46.7 Å². The first-order valence-corrected chi connectivity index (χ1v) is 11.3. The molecule has 5 rings (SSSR count). The van der Waals surface area contributed by atoms with Gasteiger partial charge in [-0.05, 0) is 40.2 Å². The number of morpholine rings is 1. The minimum atomic E-state index is -0.457. The number of hydrogen-bond donors (Lipinski definition) is 2. The fraction of sp³-hybridized carbons (Fsp3) is 0.238. The second kappa shape index (κ2) is 10.1. The number of fused-ring (bicyclic) bond motifs is 1. The third kappa shape index (κ3) is 5.38. The van der Waals surface area contributed by atoms with Crippen molar-refractivity contribution in [2.45, 2.75) is 0 Å². The predicted molar refractivity (Wildman–Crippen MR) is 131 cm³/mol. The molecule has 2 aliphatic heterocycles. The molecule has 1 aromatic heterocycles. The number of nitrogens with zero attached hydrogens (tertiary/aromatic N) is 6. The second-order valence-electron chi connectivity index (χ2n) is 7.41. The largest absolute Gasteiger partial charge is 0.454 e. The Morgan fingerprint density at radius 3 is 2.51 bits per heavy atom. The first kappa shape index (κ1) is 22.7. The Morgan fingerprint density at radius 2 is 1.77 bits per heavy atom. The van der Waals surface area contributed by atoms with Gasteiger partial charge in [-0.3, -0.25) is 10.1 Å². The lowest BCUT2D eigenvalue weighted by Gasteiger charge is -2.27. The maximum Gasteiger partial charge on any atom is 0.269 e. The molecule has 1 saturated heterocycles. The van der Waals surface area contributed by atoms with Gasteiger partial charge in [0.15, 0.2) is 11.5 Å². The number of halogens is 1. The van der Waals surface area contributed by atoms with Gasteiger partial charge < -0.3 is 24.4 Å². The first-order chi connectivity index (χ1) is 17.0. The summed E-state index contributed by atoms with van der Waals surface area (Å²) in [6.45, 7) is 2.58. The summed E-state index contributed by atoms with van der Waals surface area (Å²) in [5, 5.41) is 18.2. The van der Waals surface area contributed by atoms with Crippen LogP contribution in [0.25, 0.3) is 0 Å². The van der Waals surface area contributed by atoms with E-state index < -0.39 is 4.92 Å². The van der Waals surface area contributed by atoms with Crippen LogP contribution >= 0.6 is 15.9 Å². The van der Waals surface area contributed by atoms with E-state index in [4.69, 9.17) is 14.2 Å². The maximum absolute atomic E-state index is 10.9. The highest BCUT2D eigenvalue weighted by molar-refractivity contribution is 9.10. The van der Waals surface area contributed by atoms with Crippen LogP contribution in [0.4, 0.5) is 29.2 Å². The van der Waals surface area contributed by atoms with Crippen molar-refractivity contribution >= 4 is 51.4 Å². The highest BCUT2D eigenvalue weighted by Crippen LogP contribution is 2.36. The number of anilines is 4. The van der Waals surface area contributed by atoms with Crippen LogP contribution in [0.1, 0.15) is 5.56 Å². The number of benzene rings is 2. The van der Waals surface area contributed by atoms with Crippen molar-refractivity contribution < 1.29 is 19.1 Å². The van der Waals surface area contributed by atoms with Crippen molar-refractivity contribution in [2.75, 3.05) is 48.7 Å². The lowest BCUT2D eigenvalue weighted by molar-refractivity contribution is -0.384. The van der Waals surface area contributed by atoms with Gasteiger partial charge in [0.25, 0.3) is 5.69 Å². The van der Waals surface area contributed by atoms with Gasteiger partial charge in [-0.1, -0.05) is 0 Å². The molecule has 35 heavy (non-hydrogen) atoms. The highest BCUT2D eigenvalue weighted by Gasteiger charge is 2.18. The van der Waals surface area contributed by atoms with Gasteiger partial charge >= 0.3 is 0 Å². The third-order valence-corrected chi connectivity index (χ3v) is 5.80. The van der Waals surface area contributed by atoms with Crippen LogP contribution in [0.3, 0.4) is 0 Å². The van der Waals surface area contributed by atoms with Crippen molar-refractivity contribution in [3.05, 3.63) is 56.5 Å². The van der Waals surface area contributed by atoms with Crippen LogP contribution in [0.2, 0.25) is 0 Å². The molecule has 0 aliphatic carbocycles. The first-order valence-electron chi connectivity index (χ1n) is 10.5. The molecule has 0 radical (unpaired) electrons. The van der Waals surface area contributed by atoms with Gasteiger partial charge in [-0.2, -0.15) is 20.1 Å². The van der Waals surface area contributed by atoms with E-state index in [0.717, 1.165) is 10.0 Å². The molecule has 0 unspecified atom stereocenters. The van der Waals surface area contributed by atoms with Gasteiger partial charge in [-0.15, -0.1) is 0 Å². The minimum Gasteiger partial charge on any atom is -0.454 e. The van der Waals surface area contributed by atoms with Crippen molar-refractivity contribution in [1.82, 2.24) is 15.0 Å². The van der Waals surface area contributed by atoms with E-state index in [1.165, 1.54) is 12.1 Å². The van der Waals surface area contributed by atoms with Gasteiger partial charge in [0.2, 0.25) is 24.6 Å². The average Bonchev–Trinajstić information content (AvgIpc) is 3.32. The Hall–Kier alpha value is -4.04. The van der Waals surface area contributed by atoms with E-state index in [0.29, 0.717) is 49.4 Å². The second-order valence-corrected chi connectivity index (χ2v) is 8.26. The quantitative estimate of drug-likeness (QED) is 0.257. The van der Waals surface area contributed by atoms with E-state index in [9.17, 15) is 10.1 Å². The van der Waals surface area contributed by atoms with Gasteiger partial charge in [-0.25, -0.2) is 5.43 Å². The molecule has 0 amide bonds. The van der Waals surface area contributed by atoms with Crippen molar-refractivity contribution in [2.24, 2.45) is 5.10 Å². The molecule has 3 aromatic rings. The zero-order valence-electron chi connectivity index (χ0n) is 18.2. The highest BCUT2D eigenvalue weighted by atomic mass is 79.9. The molecule has 14 heteroatoms. The number of rotatable bonds is 7. The van der Waals surface area contributed by atoms with Crippen molar-refractivity contribution in [3.8, 4) is 11.5 Å². The van der Waals surface area contributed by atoms with Crippen molar-refractivity contribution in [1.29, 1.82) is 0 Å². The molecule has 2 aliphatic rings. The summed E-state index contributed by atoms with van der Waals surface area (Å²) in [4.78, 5) is 25.8. The maximum atomic E-state index is 10.9. The van der Waals surface area contributed by atoms with E-state index in [1.54, 1.807) is 18.3 Å². The molecular formula is C21H19BrN8O5. The van der Waals surface area contributed by atoms with Crippen molar-refractivity contribution in [3.63, 3.8) is 0 Å². The SMILES string of the molecule is O=[N+]([O-])c1ccc(Nc2nc(NN=Cc3cc4c(cc3Br)OCO4)nc(N3CCOCC3)n2)cc1. The Balaban J connectivity index is 1.38. The van der Waals surface area contributed by atoms with Crippen LogP contribution in [-0.2, 0) is 4.74 Å². The Labute approximate surface area is 207 Å². The number of hydrazone groups is 1. The molecule has 0 saturated carbocycles. The summed E-state index contributed by atoms with van der Waals surface area (Å²) >= 11 is 3.50. The summed E-state index contributed by atoms with van der Waals surface area (Å²) in [5.41, 5.74) is 4.20. The molecule has 0 spiro atoms. The molecule has 0 atom stereocenters. The molecule has 2 aromatic carbocycles. The Morgan fingerprint density at radius 1 is 1.06 bits per heavy atom. The zero-order valence-corrected chi connectivity index (χ0v) is 19.8. The van der Waals surface area contributed by atoms with E-state index >= 15 is 0 Å². The zero-order chi connectivity index (χ0) is 24.2. The number of hydrogen-bond acceptors (Lipinski definition) is 12. The molecule has 3 heterocycles. The normalized spacial score (nSPS) is 14.8. The topological polar surface area (TPSA) is 149 Å². The molecule has 180 valence electrons. The summed E-state index contributed by atoms with van der Waals surface area (Å²) < 4.78 is 17.0. The monoisotopic (exact) mass is 542 g/mol. The lowest BCUT2D eigenvalue weighted by atomic mass is 10.2. The Kier molecular flexibility index (Phi) is 6.54. The molecule has 1 fully saturated rings. The summed E-state index contributed by atoms with van der Waals surface area (Å²) in [5.74, 6) is 2.24. The van der Waals surface area contributed by atoms with Crippen LogP contribution < -0.4 is 25.1 Å². The minimum absolute atomic E-state index is 0.00780. The summed E-state index contributed by atoms with van der Waals surface area (Å²) in [7, 11) is 0. The lowest BCUT2D eigenvalue weighted by Crippen LogP contribution is -2.37. The smallest absolute Gasteiger partial charge is 0.269 e. The number of nitro groups is 1. The fourth-order valence-electron chi connectivity index (χ4n) is 3.36. The van der Waals surface area contributed by atoms with Gasteiger partial charge in [0.1, 0.15) is 0 Å². The van der Waals surface area contributed by atoms with Gasteiger partial charge in [0, 0.05) is 40.9 Å². The predicted octanol–water partition coefficient (Wildman–Crippen LogP) is 3.30. The number of non-ortho nitro benzene ring substituents is 1. The molecular weight excluding hydrogens is 524 g/mol. The summed E-state index contributed by atoms with van der Waals surface area (Å²) in [6.07, 6.45) is 1.60. The fourth-order valence-corrected chi connectivity index (χ4v) is 3.79. The average molecular weight is 543 g/mol. The summed E-state index contributed by atoms with van der Waals surface area (Å²) in [6, 6.07) is 9.59. The third-order valence-electron chi connectivity index (χ3n) is 5.11.